The summed E-state index contributed by atoms with van der Waals surface area (Å²) in [6.45, 7) is 2.06. The smallest absolute Gasteiger partial charge is 0.290 e. The average Bonchev–Trinajstić information content (AvgIpc) is 3.36. The Morgan fingerprint density at radius 1 is 1.12 bits per heavy atom. The number of hydrogen-bond acceptors (Lipinski definition) is 3. The monoisotopic (exact) mass is 332 g/mol. The minimum absolute atomic E-state index is 0.0263. The molecule has 3 aromatic rings. The van der Waals surface area contributed by atoms with Crippen LogP contribution in [0.1, 0.15) is 40.6 Å². The second-order valence-corrected chi connectivity index (χ2v) is 6.64. The van der Waals surface area contributed by atoms with Crippen molar-refractivity contribution < 1.29 is 9.32 Å². The third kappa shape index (κ3) is 3.48. The largest absolute Gasteiger partial charge is 0.350 e. The van der Waals surface area contributed by atoms with Gasteiger partial charge in [-0.2, -0.15) is 0 Å². The summed E-state index contributed by atoms with van der Waals surface area (Å²) in [6, 6.07) is 19.8. The van der Waals surface area contributed by atoms with Gasteiger partial charge in [0.1, 0.15) is 5.69 Å². The molecule has 1 heterocycles. The summed E-state index contributed by atoms with van der Waals surface area (Å²) in [7, 11) is 0. The molecule has 1 aromatic heterocycles. The lowest BCUT2D eigenvalue weighted by Gasteiger charge is -2.18. The van der Waals surface area contributed by atoms with Gasteiger partial charge in [0.15, 0.2) is 0 Å². The summed E-state index contributed by atoms with van der Waals surface area (Å²) in [4.78, 5) is 12.6. The van der Waals surface area contributed by atoms with Gasteiger partial charge < -0.3 is 9.84 Å². The van der Waals surface area contributed by atoms with Crippen molar-refractivity contribution in [1.82, 2.24) is 10.5 Å². The SMILES string of the molecule is Cc1ccc(C(NC(=O)c2cc(-c3ccccc3)no2)C2CC2)cc1. The normalized spacial score (nSPS) is 14.9. The van der Waals surface area contributed by atoms with E-state index in [1.807, 2.05) is 30.3 Å². The Morgan fingerprint density at radius 2 is 1.84 bits per heavy atom. The summed E-state index contributed by atoms with van der Waals surface area (Å²) in [5, 5.41) is 7.15. The van der Waals surface area contributed by atoms with Crippen LogP contribution in [0.15, 0.2) is 65.2 Å². The number of carbonyl (C=O) groups excluding carboxylic acids is 1. The first-order valence-electron chi connectivity index (χ1n) is 8.60. The van der Waals surface area contributed by atoms with Crippen molar-refractivity contribution >= 4 is 5.91 Å². The minimum atomic E-state index is -0.216. The predicted molar refractivity (Wildman–Crippen MR) is 96.0 cm³/mol. The second kappa shape index (κ2) is 6.55. The highest BCUT2D eigenvalue weighted by molar-refractivity contribution is 5.92. The van der Waals surface area contributed by atoms with E-state index in [0.717, 1.165) is 24.0 Å². The number of nitrogens with zero attached hydrogens (tertiary/aromatic N) is 1. The van der Waals surface area contributed by atoms with E-state index < -0.39 is 0 Å². The first-order chi connectivity index (χ1) is 12.2. The molecule has 0 radical (unpaired) electrons. The van der Waals surface area contributed by atoms with Crippen LogP contribution < -0.4 is 5.32 Å². The molecule has 4 rings (SSSR count). The molecular formula is C21H20N2O2. The van der Waals surface area contributed by atoms with Crippen molar-refractivity contribution in [2.24, 2.45) is 5.92 Å². The van der Waals surface area contributed by atoms with Gasteiger partial charge in [-0.3, -0.25) is 4.79 Å². The number of amides is 1. The molecule has 1 saturated carbocycles. The molecule has 4 nitrogen and oxygen atoms in total. The molecule has 1 fully saturated rings. The molecule has 25 heavy (non-hydrogen) atoms. The molecule has 0 aliphatic heterocycles. The van der Waals surface area contributed by atoms with Crippen LogP contribution in [0.25, 0.3) is 11.3 Å². The summed E-state index contributed by atoms with van der Waals surface area (Å²) in [6.07, 6.45) is 2.29. The molecule has 1 aliphatic rings. The standard InChI is InChI=1S/C21H20N2O2/c1-14-7-9-16(10-8-14)20(17-11-12-17)22-21(24)19-13-18(23-25-19)15-5-3-2-4-6-15/h2-10,13,17,20H,11-12H2,1H3,(H,22,24). The van der Waals surface area contributed by atoms with E-state index in [-0.39, 0.29) is 17.7 Å². The average molecular weight is 332 g/mol. The van der Waals surface area contributed by atoms with Gasteiger partial charge in [0.2, 0.25) is 5.76 Å². The highest BCUT2D eigenvalue weighted by Gasteiger charge is 2.34. The molecular weight excluding hydrogens is 312 g/mol. The highest BCUT2D eigenvalue weighted by atomic mass is 16.5. The lowest BCUT2D eigenvalue weighted by Crippen LogP contribution is -2.29. The zero-order valence-electron chi connectivity index (χ0n) is 14.1. The van der Waals surface area contributed by atoms with Gasteiger partial charge >= 0.3 is 0 Å². The third-order valence-electron chi connectivity index (χ3n) is 4.62. The van der Waals surface area contributed by atoms with Gasteiger partial charge in [0.05, 0.1) is 6.04 Å². The lowest BCUT2D eigenvalue weighted by molar-refractivity contribution is 0.0894. The molecule has 2 aromatic carbocycles. The maximum Gasteiger partial charge on any atom is 0.290 e. The van der Waals surface area contributed by atoms with Gasteiger partial charge in [-0.15, -0.1) is 0 Å². The van der Waals surface area contributed by atoms with Gasteiger partial charge in [-0.05, 0) is 31.2 Å². The van der Waals surface area contributed by atoms with Crippen LogP contribution in [0.2, 0.25) is 0 Å². The quantitative estimate of drug-likeness (QED) is 0.747. The molecule has 0 spiro atoms. The maximum atomic E-state index is 12.6. The number of rotatable bonds is 5. The molecule has 0 bridgehead atoms. The van der Waals surface area contributed by atoms with Crippen molar-refractivity contribution in [3.8, 4) is 11.3 Å². The zero-order valence-corrected chi connectivity index (χ0v) is 14.1. The van der Waals surface area contributed by atoms with Crippen molar-refractivity contribution in [3.63, 3.8) is 0 Å². The zero-order chi connectivity index (χ0) is 17.2. The fraction of sp³-hybridized carbons (Fsp3) is 0.238. The second-order valence-electron chi connectivity index (χ2n) is 6.64. The topological polar surface area (TPSA) is 55.1 Å². The Hall–Kier alpha value is -2.88. The number of hydrogen-bond donors (Lipinski definition) is 1. The number of carbonyl (C=O) groups is 1. The Bertz CT molecular complexity index is 864. The highest BCUT2D eigenvalue weighted by Crippen LogP contribution is 2.41. The summed E-state index contributed by atoms with van der Waals surface area (Å²) < 4.78 is 5.27. The Balaban J connectivity index is 1.52. The van der Waals surface area contributed by atoms with Gasteiger partial charge in [-0.1, -0.05) is 65.3 Å². The third-order valence-corrected chi connectivity index (χ3v) is 4.62. The Morgan fingerprint density at radius 3 is 2.52 bits per heavy atom. The maximum absolute atomic E-state index is 12.6. The van der Waals surface area contributed by atoms with Crippen LogP contribution in [0, 0.1) is 12.8 Å². The van der Waals surface area contributed by atoms with Crippen LogP contribution in [0.4, 0.5) is 0 Å². The van der Waals surface area contributed by atoms with Gasteiger partial charge in [0, 0.05) is 11.6 Å². The molecule has 1 amide bonds. The van der Waals surface area contributed by atoms with E-state index in [0.29, 0.717) is 11.6 Å². The predicted octanol–water partition coefficient (Wildman–Crippen LogP) is 4.53. The summed E-state index contributed by atoms with van der Waals surface area (Å²) in [5.41, 5.74) is 3.96. The Labute approximate surface area is 146 Å². The van der Waals surface area contributed by atoms with Crippen LogP contribution >= 0.6 is 0 Å². The number of nitrogens with one attached hydrogen (secondary N) is 1. The molecule has 1 aliphatic carbocycles. The Kier molecular flexibility index (Phi) is 4.10. The van der Waals surface area contributed by atoms with E-state index in [9.17, 15) is 4.79 Å². The van der Waals surface area contributed by atoms with E-state index in [1.165, 1.54) is 5.56 Å². The summed E-state index contributed by atoms with van der Waals surface area (Å²) in [5.74, 6) is 0.534. The van der Waals surface area contributed by atoms with E-state index in [1.54, 1.807) is 6.07 Å². The fourth-order valence-corrected chi connectivity index (χ4v) is 3.02. The lowest BCUT2D eigenvalue weighted by atomic mass is 10.0. The minimum Gasteiger partial charge on any atom is -0.350 e. The van der Waals surface area contributed by atoms with Crippen LogP contribution in [-0.2, 0) is 0 Å². The summed E-state index contributed by atoms with van der Waals surface area (Å²) >= 11 is 0. The van der Waals surface area contributed by atoms with Gasteiger partial charge in [0.25, 0.3) is 5.91 Å². The van der Waals surface area contributed by atoms with Crippen LogP contribution in [0.5, 0.6) is 0 Å². The van der Waals surface area contributed by atoms with Crippen molar-refractivity contribution in [2.75, 3.05) is 0 Å². The molecule has 4 heteroatoms. The van der Waals surface area contributed by atoms with Crippen LogP contribution in [-0.4, -0.2) is 11.1 Å². The van der Waals surface area contributed by atoms with Crippen molar-refractivity contribution in [1.29, 1.82) is 0 Å². The number of aromatic nitrogens is 1. The molecule has 1 atom stereocenters. The molecule has 1 N–H and O–H groups in total. The molecule has 0 saturated heterocycles. The first-order valence-corrected chi connectivity index (χ1v) is 8.60. The molecule has 126 valence electrons. The first kappa shape index (κ1) is 15.6. The molecule has 1 unspecified atom stereocenters. The van der Waals surface area contributed by atoms with Crippen molar-refractivity contribution in [2.45, 2.75) is 25.8 Å². The van der Waals surface area contributed by atoms with E-state index in [2.05, 4.69) is 41.7 Å². The van der Waals surface area contributed by atoms with Crippen molar-refractivity contribution in [3.05, 3.63) is 77.6 Å². The van der Waals surface area contributed by atoms with E-state index >= 15 is 0 Å². The van der Waals surface area contributed by atoms with Gasteiger partial charge in [-0.25, -0.2) is 0 Å². The number of benzene rings is 2. The fourth-order valence-electron chi connectivity index (χ4n) is 3.02. The van der Waals surface area contributed by atoms with Crippen LogP contribution in [0.3, 0.4) is 0 Å². The number of aryl methyl sites for hydroxylation is 1. The van der Waals surface area contributed by atoms with E-state index in [4.69, 9.17) is 4.52 Å².